The summed E-state index contributed by atoms with van der Waals surface area (Å²) in [7, 11) is -3.88. The highest BCUT2D eigenvalue weighted by Crippen LogP contribution is 2.22. The van der Waals surface area contributed by atoms with Crippen LogP contribution in [0, 0.1) is 6.92 Å². The third-order valence-electron chi connectivity index (χ3n) is 3.75. The number of nitrogens with zero attached hydrogens (tertiary/aromatic N) is 5. The van der Waals surface area contributed by atoms with Crippen LogP contribution in [0.5, 0.6) is 0 Å². The average molecular weight is 394 g/mol. The molecule has 1 aromatic carbocycles. The van der Waals surface area contributed by atoms with Crippen molar-refractivity contribution < 1.29 is 12.8 Å². The maximum Gasteiger partial charge on any atom is 0.264 e. The number of oxazole rings is 1. The summed E-state index contributed by atoms with van der Waals surface area (Å²) < 4.78 is 33.0. The van der Waals surface area contributed by atoms with Crippen molar-refractivity contribution >= 4 is 16.0 Å². The fraction of sp³-hybridized carbons (Fsp3) is 0.0556. The van der Waals surface area contributed by atoms with Crippen molar-refractivity contribution in [1.82, 2.24) is 24.9 Å². The van der Waals surface area contributed by atoms with E-state index in [1.807, 2.05) is 0 Å². The highest BCUT2D eigenvalue weighted by molar-refractivity contribution is 7.92. The first-order valence-electron chi connectivity index (χ1n) is 8.17. The number of sulfonamides is 1. The number of hydrogen-bond acceptors (Lipinski definition) is 8. The van der Waals surface area contributed by atoms with E-state index in [-0.39, 0.29) is 16.7 Å². The lowest BCUT2D eigenvalue weighted by Gasteiger charge is -2.09. The minimum Gasteiger partial charge on any atom is -0.444 e. The summed E-state index contributed by atoms with van der Waals surface area (Å²) in [6.07, 6.45) is 4.46. The predicted octanol–water partition coefficient (Wildman–Crippen LogP) is 2.70. The predicted molar refractivity (Wildman–Crippen MR) is 101 cm³/mol. The highest BCUT2D eigenvalue weighted by Gasteiger charge is 2.18. The molecule has 0 aliphatic heterocycles. The normalized spacial score (nSPS) is 11.3. The minimum atomic E-state index is -3.88. The van der Waals surface area contributed by atoms with Crippen molar-refractivity contribution in [3.05, 3.63) is 67.1 Å². The largest absolute Gasteiger partial charge is 0.444 e. The topological polar surface area (TPSA) is 124 Å². The number of benzene rings is 1. The second kappa shape index (κ2) is 7.16. The fourth-order valence-electron chi connectivity index (χ4n) is 2.47. The van der Waals surface area contributed by atoms with Crippen molar-refractivity contribution in [2.24, 2.45) is 0 Å². The lowest BCUT2D eigenvalue weighted by Crippen LogP contribution is -2.16. The maximum atomic E-state index is 12.7. The number of aromatic nitrogens is 5. The molecule has 3 aromatic heterocycles. The molecule has 0 unspecified atom stereocenters. The number of anilines is 1. The standard InChI is InChI=1S/C18H14N6O3S/c1-12-21-17(15-4-2-3-9-20-15)23-18(22-12)24-28(25,26)14-7-5-13(6-8-14)16-10-19-11-27-16/h2-11H,1H3,(H,21,22,23,24). The summed E-state index contributed by atoms with van der Waals surface area (Å²) in [6, 6.07) is 11.5. The summed E-state index contributed by atoms with van der Waals surface area (Å²) in [5, 5.41) is 0. The van der Waals surface area contributed by atoms with Gasteiger partial charge in [0.05, 0.1) is 11.1 Å². The van der Waals surface area contributed by atoms with E-state index in [1.54, 1.807) is 49.6 Å². The number of pyridine rings is 1. The molecule has 28 heavy (non-hydrogen) atoms. The van der Waals surface area contributed by atoms with Crippen LogP contribution in [0.4, 0.5) is 5.95 Å². The zero-order valence-electron chi connectivity index (χ0n) is 14.6. The quantitative estimate of drug-likeness (QED) is 0.548. The Hall–Kier alpha value is -3.66. The molecular weight excluding hydrogens is 380 g/mol. The molecule has 4 aromatic rings. The van der Waals surface area contributed by atoms with Gasteiger partial charge < -0.3 is 4.42 Å². The van der Waals surface area contributed by atoms with E-state index in [0.717, 1.165) is 0 Å². The van der Waals surface area contributed by atoms with E-state index in [2.05, 4.69) is 29.6 Å². The van der Waals surface area contributed by atoms with Gasteiger partial charge in [-0.1, -0.05) is 6.07 Å². The van der Waals surface area contributed by atoms with E-state index in [0.29, 0.717) is 22.8 Å². The van der Waals surface area contributed by atoms with E-state index in [9.17, 15) is 8.42 Å². The maximum absolute atomic E-state index is 12.7. The number of rotatable bonds is 5. The van der Waals surface area contributed by atoms with Crippen LogP contribution in [-0.2, 0) is 10.0 Å². The highest BCUT2D eigenvalue weighted by atomic mass is 32.2. The molecule has 0 fully saturated rings. The molecule has 9 nitrogen and oxygen atoms in total. The molecule has 10 heteroatoms. The molecule has 1 N–H and O–H groups in total. The molecule has 140 valence electrons. The third kappa shape index (κ3) is 3.71. The Labute approximate surface area is 160 Å². The summed E-state index contributed by atoms with van der Waals surface area (Å²) in [5.74, 6) is 1.12. The Bertz CT molecular complexity index is 1190. The first-order chi connectivity index (χ1) is 13.5. The van der Waals surface area contributed by atoms with Crippen LogP contribution in [-0.4, -0.2) is 33.3 Å². The van der Waals surface area contributed by atoms with Crippen LogP contribution in [0.3, 0.4) is 0 Å². The van der Waals surface area contributed by atoms with Gasteiger partial charge in [0.25, 0.3) is 10.0 Å². The Kier molecular flexibility index (Phi) is 4.53. The van der Waals surface area contributed by atoms with Crippen LogP contribution >= 0.6 is 0 Å². The second-order valence-electron chi connectivity index (χ2n) is 5.74. The first-order valence-corrected chi connectivity index (χ1v) is 9.65. The molecule has 3 heterocycles. The summed E-state index contributed by atoms with van der Waals surface area (Å²) >= 11 is 0. The molecular formula is C18H14N6O3S. The Morgan fingerprint density at radius 1 is 1.00 bits per heavy atom. The van der Waals surface area contributed by atoms with Gasteiger partial charge in [-0.2, -0.15) is 9.97 Å². The summed E-state index contributed by atoms with van der Waals surface area (Å²) in [5.41, 5.74) is 1.23. The van der Waals surface area contributed by atoms with Crippen molar-refractivity contribution in [3.8, 4) is 22.8 Å². The minimum absolute atomic E-state index is 0.0632. The molecule has 0 saturated carbocycles. The molecule has 0 spiro atoms. The molecule has 0 atom stereocenters. The van der Waals surface area contributed by atoms with Gasteiger partial charge in [0, 0.05) is 11.8 Å². The molecule has 0 amide bonds. The Morgan fingerprint density at radius 3 is 2.50 bits per heavy atom. The second-order valence-corrected chi connectivity index (χ2v) is 7.42. The Balaban J connectivity index is 1.62. The SMILES string of the molecule is Cc1nc(NS(=O)(=O)c2ccc(-c3cnco3)cc2)nc(-c2ccccn2)n1. The van der Waals surface area contributed by atoms with Crippen molar-refractivity contribution in [2.45, 2.75) is 11.8 Å². The first kappa shape index (κ1) is 17.7. The Morgan fingerprint density at radius 2 is 1.82 bits per heavy atom. The van der Waals surface area contributed by atoms with E-state index in [1.165, 1.54) is 18.5 Å². The molecule has 0 bridgehead atoms. The van der Waals surface area contributed by atoms with Gasteiger partial charge in [0.2, 0.25) is 5.95 Å². The van der Waals surface area contributed by atoms with Gasteiger partial charge in [0.1, 0.15) is 11.5 Å². The number of hydrogen-bond donors (Lipinski definition) is 1. The van der Waals surface area contributed by atoms with Gasteiger partial charge in [-0.05, 0) is 43.3 Å². The van der Waals surface area contributed by atoms with Crippen LogP contribution in [0.15, 0.2) is 70.6 Å². The summed E-state index contributed by atoms with van der Waals surface area (Å²) in [4.78, 5) is 20.5. The number of aryl methyl sites for hydroxylation is 1. The van der Waals surface area contributed by atoms with E-state index < -0.39 is 10.0 Å². The zero-order chi connectivity index (χ0) is 19.6. The van der Waals surface area contributed by atoms with Crippen LogP contribution in [0.2, 0.25) is 0 Å². The van der Waals surface area contributed by atoms with Crippen molar-refractivity contribution in [1.29, 1.82) is 0 Å². The third-order valence-corrected chi connectivity index (χ3v) is 5.09. The number of nitrogens with one attached hydrogen (secondary N) is 1. The fourth-order valence-corrected chi connectivity index (χ4v) is 3.42. The molecule has 0 radical (unpaired) electrons. The lowest BCUT2D eigenvalue weighted by molar-refractivity contribution is 0.572. The van der Waals surface area contributed by atoms with Gasteiger partial charge in [-0.3, -0.25) is 4.98 Å². The van der Waals surface area contributed by atoms with Gasteiger partial charge in [-0.25, -0.2) is 23.1 Å². The van der Waals surface area contributed by atoms with Gasteiger partial charge in [0.15, 0.2) is 18.0 Å². The van der Waals surface area contributed by atoms with Crippen LogP contribution in [0.1, 0.15) is 5.82 Å². The van der Waals surface area contributed by atoms with Gasteiger partial charge >= 0.3 is 0 Å². The monoisotopic (exact) mass is 394 g/mol. The smallest absolute Gasteiger partial charge is 0.264 e. The van der Waals surface area contributed by atoms with Crippen LogP contribution < -0.4 is 4.72 Å². The van der Waals surface area contributed by atoms with Crippen molar-refractivity contribution in [2.75, 3.05) is 4.72 Å². The zero-order valence-corrected chi connectivity index (χ0v) is 15.5. The van der Waals surface area contributed by atoms with E-state index >= 15 is 0 Å². The van der Waals surface area contributed by atoms with E-state index in [4.69, 9.17) is 4.42 Å². The van der Waals surface area contributed by atoms with Gasteiger partial charge in [-0.15, -0.1) is 0 Å². The van der Waals surface area contributed by atoms with Crippen molar-refractivity contribution in [3.63, 3.8) is 0 Å². The average Bonchev–Trinajstić information content (AvgIpc) is 3.23. The lowest BCUT2D eigenvalue weighted by atomic mass is 10.2. The van der Waals surface area contributed by atoms with Crippen LogP contribution in [0.25, 0.3) is 22.8 Å². The molecule has 4 rings (SSSR count). The molecule has 0 aliphatic rings. The summed E-state index contributed by atoms with van der Waals surface area (Å²) in [6.45, 7) is 1.65. The molecule has 0 saturated heterocycles. The molecule has 0 aliphatic carbocycles.